The number of hydrogen-bond acceptors (Lipinski definition) is 4. The molecule has 0 bridgehead atoms. The molecule has 1 aromatic carbocycles. The Balaban J connectivity index is 1.28. The minimum atomic E-state index is 0.217. The first kappa shape index (κ1) is 18.5. The van der Waals surface area contributed by atoms with Crippen molar-refractivity contribution in [1.29, 1.82) is 0 Å². The van der Waals surface area contributed by atoms with Gasteiger partial charge in [-0.25, -0.2) is 0 Å². The van der Waals surface area contributed by atoms with Crippen molar-refractivity contribution in [2.75, 3.05) is 31.9 Å². The average Bonchev–Trinajstić information content (AvgIpc) is 3.48. The summed E-state index contributed by atoms with van der Waals surface area (Å²) in [4.78, 5) is 16.2. The Bertz CT molecular complexity index is 781. The molecule has 0 spiro atoms. The van der Waals surface area contributed by atoms with E-state index in [1.807, 2.05) is 11.8 Å². The molecule has 0 unspecified atom stereocenters. The highest BCUT2D eigenvalue weighted by Crippen LogP contribution is 2.38. The summed E-state index contributed by atoms with van der Waals surface area (Å²) in [5.41, 5.74) is 1.37. The van der Waals surface area contributed by atoms with Crippen molar-refractivity contribution < 1.29 is 9.69 Å². The molecule has 27 heavy (non-hydrogen) atoms. The fourth-order valence-corrected chi connectivity index (χ4v) is 4.83. The number of amides is 1. The van der Waals surface area contributed by atoms with Crippen molar-refractivity contribution in [1.82, 2.24) is 19.7 Å². The monoisotopic (exact) mass is 386 g/mol. The number of aromatic nitrogens is 3. The fraction of sp³-hybridized carbons (Fsp3) is 0.550. The first-order chi connectivity index (χ1) is 13.1. The van der Waals surface area contributed by atoms with Gasteiger partial charge in [-0.3, -0.25) is 4.79 Å². The van der Waals surface area contributed by atoms with Gasteiger partial charge in [0.2, 0.25) is 5.91 Å². The molecule has 6 nitrogen and oxygen atoms in total. The Morgan fingerprint density at radius 1 is 1.22 bits per heavy atom. The minimum absolute atomic E-state index is 0.217. The molecule has 1 aliphatic carbocycles. The van der Waals surface area contributed by atoms with E-state index < -0.39 is 0 Å². The Kier molecular flexibility index (Phi) is 5.50. The topological polar surface area (TPSA) is 55.5 Å². The van der Waals surface area contributed by atoms with Crippen molar-refractivity contribution in [2.24, 2.45) is 0 Å². The van der Waals surface area contributed by atoms with Gasteiger partial charge in [0.25, 0.3) is 0 Å². The Morgan fingerprint density at radius 2 is 1.93 bits per heavy atom. The van der Waals surface area contributed by atoms with Gasteiger partial charge in [0, 0.05) is 11.6 Å². The second-order valence-electron chi connectivity index (χ2n) is 7.59. The highest BCUT2D eigenvalue weighted by molar-refractivity contribution is 7.99. The summed E-state index contributed by atoms with van der Waals surface area (Å²) in [6.45, 7) is 7.95. The molecule has 1 N–H and O–H groups in total. The summed E-state index contributed by atoms with van der Waals surface area (Å²) >= 11 is 1.53. The van der Waals surface area contributed by atoms with Crippen LogP contribution in [0.15, 0.2) is 35.5 Å². The maximum absolute atomic E-state index is 12.7. The Hall–Kier alpha value is -1.86. The number of aryl methyl sites for hydroxylation is 1. The summed E-state index contributed by atoms with van der Waals surface area (Å²) in [5, 5.41) is 9.35. The predicted octanol–water partition coefficient (Wildman–Crippen LogP) is 1.50. The van der Waals surface area contributed by atoms with Gasteiger partial charge >= 0.3 is 0 Å². The number of thioether (sulfide) groups is 1. The van der Waals surface area contributed by atoms with E-state index in [4.69, 9.17) is 0 Å². The summed E-state index contributed by atoms with van der Waals surface area (Å²) in [7, 11) is 0. The van der Waals surface area contributed by atoms with Gasteiger partial charge in [-0.1, -0.05) is 42.1 Å². The van der Waals surface area contributed by atoms with E-state index in [0.717, 1.165) is 37.2 Å². The highest BCUT2D eigenvalue weighted by atomic mass is 32.2. The van der Waals surface area contributed by atoms with E-state index >= 15 is 0 Å². The molecule has 1 aliphatic heterocycles. The van der Waals surface area contributed by atoms with Gasteiger partial charge in [0.1, 0.15) is 11.9 Å². The quantitative estimate of drug-likeness (QED) is 0.765. The number of carbonyl (C=O) groups excluding carboxylic acids is 1. The van der Waals surface area contributed by atoms with Crippen LogP contribution in [0, 0.1) is 6.92 Å². The molecule has 2 fully saturated rings. The Morgan fingerprint density at radius 3 is 2.59 bits per heavy atom. The number of hydrogen-bond donors (Lipinski definition) is 1. The number of nitrogens with one attached hydrogen (secondary N) is 1. The van der Waals surface area contributed by atoms with Gasteiger partial charge in [0.15, 0.2) is 5.16 Å². The maximum Gasteiger partial charge on any atom is 0.233 e. The van der Waals surface area contributed by atoms with Crippen LogP contribution in [0.3, 0.4) is 0 Å². The van der Waals surface area contributed by atoms with E-state index in [-0.39, 0.29) is 5.91 Å². The van der Waals surface area contributed by atoms with Crippen LogP contribution >= 0.6 is 11.8 Å². The van der Waals surface area contributed by atoms with Crippen molar-refractivity contribution in [3.63, 3.8) is 0 Å². The average molecular weight is 387 g/mol. The van der Waals surface area contributed by atoms with Crippen LogP contribution in [0.5, 0.6) is 0 Å². The molecule has 1 saturated heterocycles. The molecule has 1 saturated carbocycles. The molecular formula is C20H28N5OS+. The molecule has 7 heteroatoms. The number of piperazine rings is 1. The lowest BCUT2D eigenvalue weighted by Crippen LogP contribution is -3.14. The second kappa shape index (κ2) is 8.02. The Labute approximate surface area is 164 Å². The van der Waals surface area contributed by atoms with E-state index in [9.17, 15) is 4.79 Å². The van der Waals surface area contributed by atoms with E-state index in [1.165, 1.54) is 30.2 Å². The number of quaternary nitrogens is 1. The number of rotatable bonds is 6. The van der Waals surface area contributed by atoms with E-state index in [2.05, 4.69) is 52.0 Å². The van der Waals surface area contributed by atoms with E-state index in [0.29, 0.717) is 17.8 Å². The van der Waals surface area contributed by atoms with E-state index in [1.54, 1.807) is 4.90 Å². The van der Waals surface area contributed by atoms with Crippen molar-refractivity contribution >= 4 is 17.7 Å². The zero-order valence-corrected chi connectivity index (χ0v) is 16.9. The minimum Gasteiger partial charge on any atom is -0.331 e. The molecule has 1 amide bonds. The first-order valence-electron chi connectivity index (χ1n) is 9.85. The standard InChI is InChI=1S/C20H27N5OS/c1-15(17-6-4-3-5-7-17)23-10-12-24(13-11-23)19(26)14-27-20-22-21-16(2)25(20)18-8-9-18/h3-7,15,18H,8-14H2,1-2H3/p+1/t15-/m1/s1. The smallest absolute Gasteiger partial charge is 0.233 e. The molecule has 1 atom stereocenters. The number of benzene rings is 1. The highest BCUT2D eigenvalue weighted by Gasteiger charge is 2.30. The molecule has 0 radical (unpaired) electrons. The lowest BCUT2D eigenvalue weighted by Gasteiger charge is -2.35. The molecule has 2 aliphatic rings. The zero-order chi connectivity index (χ0) is 18.8. The van der Waals surface area contributed by atoms with Gasteiger partial charge < -0.3 is 14.4 Å². The van der Waals surface area contributed by atoms with Gasteiger partial charge in [-0.2, -0.15) is 0 Å². The van der Waals surface area contributed by atoms with Crippen LogP contribution in [0.25, 0.3) is 0 Å². The van der Waals surface area contributed by atoms with Crippen LogP contribution in [-0.2, 0) is 4.79 Å². The predicted molar refractivity (Wildman–Crippen MR) is 106 cm³/mol. The molecule has 2 aromatic rings. The summed E-state index contributed by atoms with van der Waals surface area (Å²) in [5.74, 6) is 1.63. The van der Waals surface area contributed by atoms with Crippen molar-refractivity contribution in [3.05, 3.63) is 41.7 Å². The zero-order valence-electron chi connectivity index (χ0n) is 16.1. The molecule has 4 rings (SSSR count). The third kappa shape index (κ3) is 4.19. The van der Waals surface area contributed by atoms with Crippen LogP contribution in [-0.4, -0.2) is 57.5 Å². The first-order valence-corrected chi connectivity index (χ1v) is 10.8. The third-order valence-electron chi connectivity index (χ3n) is 5.74. The lowest BCUT2D eigenvalue weighted by atomic mass is 10.1. The molecule has 144 valence electrons. The second-order valence-corrected chi connectivity index (χ2v) is 8.53. The summed E-state index contributed by atoms with van der Waals surface area (Å²) < 4.78 is 2.20. The number of carbonyl (C=O) groups is 1. The van der Waals surface area contributed by atoms with Crippen molar-refractivity contribution in [2.45, 2.75) is 43.9 Å². The number of nitrogens with zero attached hydrogens (tertiary/aromatic N) is 4. The van der Waals surface area contributed by atoms with Gasteiger partial charge in [0.05, 0.1) is 31.9 Å². The van der Waals surface area contributed by atoms with Gasteiger partial charge in [-0.15, -0.1) is 10.2 Å². The lowest BCUT2D eigenvalue weighted by molar-refractivity contribution is -0.933. The van der Waals surface area contributed by atoms with Crippen LogP contribution in [0.4, 0.5) is 0 Å². The van der Waals surface area contributed by atoms with Crippen LogP contribution in [0.1, 0.15) is 43.2 Å². The maximum atomic E-state index is 12.7. The van der Waals surface area contributed by atoms with Crippen LogP contribution < -0.4 is 4.90 Å². The van der Waals surface area contributed by atoms with Crippen molar-refractivity contribution in [3.8, 4) is 0 Å². The molecule has 2 heterocycles. The fourth-order valence-electron chi connectivity index (χ4n) is 3.87. The molecular weight excluding hydrogens is 358 g/mol. The third-order valence-corrected chi connectivity index (χ3v) is 6.67. The normalized spacial score (nSPS) is 19.3. The van der Waals surface area contributed by atoms with Gasteiger partial charge in [-0.05, 0) is 26.7 Å². The molecule has 1 aromatic heterocycles. The largest absolute Gasteiger partial charge is 0.331 e. The summed E-state index contributed by atoms with van der Waals surface area (Å²) in [6.07, 6.45) is 2.40. The van der Waals surface area contributed by atoms with Crippen LogP contribution in [0.2, 0.25) is 0 Å². The SMILES string of the molecule is Cc1nnc(SCC(=O)N2CC[NH+]([C@H](C)c3ccccc3)CC2)n1C1CC1. The summed E-state index contributed by atoms with van der Waals surface area (Å²) in [6, 6.07) is 11.7.